The third-order valence-electron chi connectivity index (χ3n) is 5.78. The number of aromatic nitrogens is 1. The van der Waals surface area contributed by atoms with Crippen molar-refractivity contribution in [3.8, 4) is 11.5 Å². The van der Waals surface area contributed by atoms with Gasteiger partial charge in [-0.3, -0.25) is 4.79 Å². The van der Waals surface area contributed by atoms with Gasteiger partial charge in [0.05, 0.1) is 47.7 Å². The van der Waals surface area contributed by atoms with Crippen molar-refractivity contribution < 1.29 is 24.1 Å². The highest BCUT2D eigenvalue weighted by Gasteiger charge is 2.28. The summed E-state index contributed by atoms with van der Waals surface area (Å²) in [6.07, 6.45) is 2.57. The van der Waals surface area contributed by atoms with Crippen molar-refractivity contribution in [3.63, 3.8) is 0 Å². The van der Waals surface area contributed by atoms with Crippen molar-refractivity contribution in [2.45, 2.75) is 24.6 Å². The van der Waals surface area contributed by atoms with Crippen molar-refractivity contribution in [1.29, 1.82) is 0 Å². The molecule has 1 aliphatic heterocycles. The fraction of sp³-hybridized carbons (Fsp3) is 0.333. The van der Waals surface area contributed by atoms with Gasteiger partial charge in [-0.25, -0.2) is 4.98 Å². The summed E-state index contributed by atoms with van der Waals surface area (Å²) in [5, 5.41) is 18.8. The van der Waals surface area contributed by atoms with Crippen LogP contribution < -0.4 is 20.1 Å². The van der Waals surface area contributed by atoms with E-state index in [0.717, 1.165) is 10.1 Å². The maximum Gasteiger partial charge on any atom is 0.243 e. The van der Waals surface area contributed by atoms with E-state index in [1.54, 1.807) is 12.3 Å². The SMILES string of the molecule is C=CC(=O)NC1CCOCC1Nc1cc2cc(C(O)c3c(Cl)c(OC)cc(OC)c3Cl)sc2cn1. The second-order valence-corrected chi connectivity index (χ2v) is 9.79. The summed E-state index contributed by atoms with van der Waals surface area (Å²) in [4.78, 5) is 16.9. The number of ether oxygens (including phenoxy) is 3. The monoisotopic (exact) mass is 537 g/mol. The molecule has 1 amide bonds. The van der Waals surface area contributed by atoms with Crippen LogP contribution in [0.15, 0.2) is 37.1 Å². The topological polar surface area (TPSA) is 102 Å². The molecule has 2 aromatic heterocycles. The standard InChI is InChI=1S/C24H25Cl2N3O5S/c1-4-20(30)29-13-5-6-34-11-14(13)28-19-8-12-7-17(35-18(12)10-27-19)24(31)21-22(25)15(32-2)9-16(33-3)23(21)26/h4,7-10,13-14,24,31H,1,5-6,11H2,2-3H3,(H,27,28)(H,29,30). The molecule has 0 aliphatic carbocycles. The molecule has 1 saturated heterocycles. The van der Waals surface area contributed by atoms with Crippen molar-refractivity contribution in [2.75, 3.05) is 32.8 Å². The zero-order chi connectivity index (χ0) is 25.1. The van der Waals surface area contributed by atoms with Crippen LogP contribution in [-0.2, 0) is 9.53 Å². The van der Waals surface area contributed by atoms with Gasteiger partial charge >= 0.3 is 0 Å². The molecule has 0 bridgehead atoms. The average Bonchev–Trinajstić information content (AvgIpc) is 3.29. The number of carbonyl (C=O) groups is 1. The summed E-state index contributed by atoms with van der Waals surface area (Å²) in [5.74, 6) is 1.10. The van der Waals surface area contributed by atoms with Gasteiger partial charge in [0.1, 0.15) is 23.4 Å². The Morgan fingerprint density at radius 3 is 2.63 bits per heavy atom. The number of hydrogen-bond acceptors (Lipinski definition) is 8. The number of amides is 1. The van der Waals surface area contributed by atoms with Gasteiger partial charge in [0.25, 0.3) is 0 Å². The molecule has 3 N–H and O–H groups in total. The molecule has 3 heterocycles. The molecule has 3 aromatic rings. The summed E-state index contributed by atoms with van der Waals surface area (Å²) in [5.41, 5.74) is 0.308. The smallest absolute Gasteiger partial charge is 0.243 e. The molecule has 4 rings (SSSR count). The van der Waals surface area contributed by atoms with Gasteiger partial charge in [-0.1, -0.05) is 29.8 Å². The molecule has 1 aliphatic rings. The zero-order valence-electron chi connectivity index (χ0n) is 19.1. The molecule has 186 valence electrons. The largest absolute Gasteiger partial charge is 0.495 e. The number of anilines is 1. The van der Waals surface area contributed by atoms with Gasteiger partial charge < -0.3 is 30.0 Å². The lowest BCUT2D eigenvalue weighted by molar-refractivity contribution is -0.117. The Balaban J connectivity index is 1.61. The average molecular weight is 538 g/mol. The van der Waals surface area contributed by atoms with E-state index in [1.165, 1.54) is 31.6 Å². The van der Waals surface area contributed by atoms with Crippen molar-refractivity contribution >= 4 is 56.3 Å². The van der Waals surface area contributed by atoms with Gasteiger partial charge in [0.15, 0.2) is 0 Å². The number of halogens is 2. The van der Waals surface area contributed by atoms with E-state index < -0.39 is 6.10 Å². The minimum absolute atomic E-state index is 0.112. The first-order valence-corrected chi connectivity index (χ1v) is 12.4. The number of nitrogens with one attached hydrogen (secondary N) is 2. The van der Waals surface area contributed by atoms with Gasteiger partial charge in [-0.15, -0.1) is 11.3 Å². The predicted octanol–water partition coefficient (Wildman–Crippen LogP) is 4.57. The highest BCUT2D eigenvalue weighted by atomic mass is 35.5. The van der Waals surface area contributed by atoms with Crippen molar-refractivity contribution in [2.24, 2.45) is 0 Å². The third kappa shape index (κ3) is 5.34. The first kappa shape index (κ1) is 25.5. The minimum atomic E-state index is -1.10. The maximum absolute atomic E-state index is 11.8. The quantitative estimate of drug-likeness (QED) is 0.361. The number of fused-ring (bicyclic) bond motifs is 1. The number of benzene rings is 1. The van der Waals surface area contributed by atoms with E-state index in [-0.39, 0.29) is 28.0 Å². The third-order valence-corrected chi connectivity index (χ3v) is 7.69. The van der Waals surface area contributed by atoms with Crippen molar-refractivity contribution in [3.05, 3.63) is 57.5 Å². The molecule has 0 spiro atoms. The number of thiophene rings is 1. The Morgan fingerprint density at radius 2 is 1.97 bits per heavy atom. The number of aliphatic hydroxyl groups is 1. The summed E-state index contributed by atoms with van der Waals surface area (Å²) in [6.45, 7) is 4.51. The molecular weight excluding hydrogens is 513 g/mol. The Bertz CT molecular complexity index is 1220. The fourth-order valence-electron chi connectivity index (χ4n) is 3.95. The van der Waals surface area contributed by atoms with E-state index >= 15 is 0 Å². The number of hydrogen-bond donors (Lipinski definition) is 3. The summed E-state index contributed by atoms with van der Waals surface area (Å²) in [6, 6.07) is 5.07. The van der Waals surface area contributed by atoms with E-state index in [0.29, 0.717) is 47.4 Å². The Morgan fingerprint density at radius 1 is 1.26 bits per heavy atom. The van der Waals surface area contributed by atoms with Crippen LogP contribution in [0, 0.1) is 0 Å². The van der Waals surface area contributed by atoms with Crippen LogP contribution >= 0.6 is 34.5 Å². The number of carbonyl (C=O) groups excluding carboxylic acids is 1. The lowest BCUT2D eigenvalue weighted by Gasteiger charge is -2.32. The van der Waals surface area contributed by atoms with Gasteiger partial charge in [-0.05, 0) is 30.0 Å². The van der Waals surface area contributed by atoms with Crippen LogP contribution in [0.2, 0.25) is 10.0 Å². The molecule has 1 fully saturated rings. The minimum Gasteiger partial charge on any atom is -0.495 e. The molecule has 1 aromatic carbocycles. The molecule has 11 heteroatoms. The van der Waals surface area contributed by atoms with Crippen LogP contribution in [0.5, 0.6) is 11.5 Å². The molecule has 8 nitrogen and oxygen atoms in total. The molecule has 3 atom stereocenters. The van der Waals surface area contributed by atoms with Crippen LogP contribution in [0.25, 0.3) is 10.1 Å². The number of pyridine rings is 1. The molecule has 35 heavy (non-hydrogen) atoms. The van der Waals surface area contributed by atoms with Gasteiger partial charge in [0.2, 0.25) is 5.91 Å². The Hall–Kier alpha value is -2.56. The summed E-state index contributed by atoms with van der Waals surface area (Å²) < 4.78 is 17.1. The second-order valence-electron chi connectivity index (χ2n) is 7.92. The molecular formula is C24H25Cl2N3O5S. The molecule has 0 saturated carbocycles. The maximum atomic E-state index is 11.8. The number of nitrogens with zero attached hydrogens (tertiary/aromatic N) is 1. The van der Waals surface area contributed by atoms with E-state index in [2.05, 4.69) is 22.2 Å². The van der Waals surface area contributed by atoms with E-state index in [1.807, 2.05) is 12.1 Å². The Kier molecular flexibility index (Phi) is 8.03. The number of aliphatic hydroxyl groups excluding tert-OH is 1. The fourth-order valence-corrected chi connectivity index (χ4v) is 5.67. The predicted molar refractivity (Wildman–Crippen MR) is 138 cm³/mol. The van der Waals surface area contributed by atoms with Crippen LogP contribution in [-0.4, -0.2) is 55.5 Å². The van der Waals surface area contributed by atoms with Gasteiger partial charge in [0, 0.05) is 29.3 Å². The van der Waals surface area contributed by atoms with E-state index in [4.69, 9.17) is 37.4 Å². The molecule has 3 unspecified atom stereocenters. The summed E-state index contributed by atoms with van der Waals surface area (Å²) in [7, 11) is 2.96. The number of methoxy groups -OCH3 is 2. The van der Waals surface area contributed by atoms with E-state index in [9.17, 15) is 9.90 Å². The summed E-state index contributed by atoms with van der Waals surface area (Å²) >= 11 is 14.4. The van der Waals surface area contributed by atoms with Gasteiger partial charge in [-0.2, -0.15) is 0 Å². The van der Waals surface area contributed by atoms with Crippen LogP contribution in [0.1, 0.15) is 23.0 Å². The second kappa shape index (κ2) is 11.0. The first-order valence-electron chi connectivity index (χ1n) is 10.8. The van der Waals surface area contributed by atoms with Crippen LogP contribution in [0.4, 0.5) is 5.82 Å². The lowest BCUT2D eigenvalue weighted by atomic mass is 10.0. The first-order chi connectivity index (χ1) is 16.9. The highest BCUT2D eigenvalue weighted by Crippen LogP contribution is 2.46. The normalized spacial score (nSPS) is 18.7. The van der Waals surface area contributed by atoms with Crippen LogP contribution in [0.3, 0.4) is 0 Å². The number of rotatable bonds is 8. The molecule has 0 radical (unpaired) electrons. The highest BCUT2D eigenvalue weighted by molar-refractivity contribution is 7.19. The lowest BCUT2D eigenvalue weighted by Crippen LogP contribution is -2.52. The Labute approximate surface area is 216 Å². The zero-order valence-corrected chi connectivity index (χ0v) is 21.5. The van der Waals surface area contributed by atoms with Crippen molar-refractivity contribution in [1.82, 2.24) is 10.3 Å².